The molecule has 222 valence electrons. The van der Waals surface area contributed by atoms with E-state index in [0.717, 1.165) is 21.8 Å². The van der Waals surface area contributed by atoms with Crippen molar-refractivity contribution in [2.24, 2.45) is 0 Å². The summed E-state index contributed by atoms with van der Waals surface area (Å²) in [4.78, 5) is 25.7. The number of halogens is 2. The Bertz CT molecular complexity index is 1670. The zero-order chi connectivity index (χ0) is 30.4. The lowest BCUT2D eigenvalue weighted by atomic mass is 10.1. The summed E-state index contributed by atoms with van der Waals surface area (Å²) in [7, 11) is -1.46. The van der Waals surface area contributed by atoms with Crippen molar-refractivity contribution in [3.63, 3.8) is 0 Å². The molecule has 1 aliphatic heterocycles. The Morgan fingerprint density at radius 3 is 2.00 bits per heavy atom. The first-order chi connectivity index (χ1) is 19.9. The average molecular weight is 635 g/mol. The molecule has 1 N–H and O–H groups in total. The highest BCUT2D eigenvalue weighted by molar-refractivity contribution is 7.88. The summed E-state index contributed by atoms with van der Waals surface area (Å²) in [5.74, 6) is -0.643. The number of piperidine rings is 1. The van der Waals surface area contributed by atoms with Crippen LogP contribution < -0.4 is 5.32 Å². The van der Waals surface area contributed by atoms with E-state index in [2.05, 4.69) is 5.32 Å². The molecule has 2 aromatic carbocycles. The van der Waals surface area contributed by atoms with Crippen molar-refractivity contribution in [2.75, 3.05) is 31.7 Å². The van der Waals surface area contributed by atoms with Gasteiger partial charge in [0.2, 0.25) is 10.0 Å². The number of rotatable bonds is 6. The number of anilines is 1. The molecule has 0 aliphatic carbocycles. The van der Waals surface area contributed by atoms with Gasteiger partial charge in [-0.1, -0.05) is 35.6 Å². The standard InChI is InChI=1S/C18H22FN3O3S2.C10H6FNO2S/c1-21(15-8-10-22(11-9-15)27(2,24)25)18(23)20-17-7-6-16(26-17)13-4-3-5-14(19)12-13;11-8-3-1-2-7(6-8)9-4-5-10(15-9)12(13)14/h3-7,12,15H,8-11H2,1-2H3,(H,20,23);1-6H. The number of thiophene rings is 2. The normalized spacial score (nSPS) is 14.1. The van der Waals surface area contributed by atoms with E-state index in [0.29, 0.717) is 41.4 Å². The molecule has 0 unspecified atom stereocenters. The lowest BCUT2D eigenvalue weighted by Gasteiger charge is -2.35. The maximum absolute atomic E-state index is 13.4. The number of nitro groups is 1. The number of urea groups is 1. The van der Waals surface area contributed by atoms with Crippen LogP contribution in [0.25, 0.3) is 20.9 Å². The maximum Gasteiger partial charge on any atom is 0.324 e. The summed E-state index contributed by atoms with van der Waals surface area (Å²) in [5.41, 5.74) is 1.43. The van der Waals surface area contributed by atoms with Crippen LogP contribution in [-0.2, 0) is 10.0 Å². The summed E-state index contributed by atoms with van der Waals surface area (Å²) in [6.45, 7) is 0.841. The number of hydrogen-bond acceptors (Lipinski definition) is 7. The van der Waals surface area contributed by atoms with Crippen LogP contribution >= 0.6 is 22.7 Å². The fraction of sp³-hybridized carbons (Fsp3) is 0.250. The van der Waals surface area contributed by atoms with Gasteiger partial charge < -0.3 is 4.90 Å². The molecule has 4 aromatic rings. The Kier molecular flexibility index (Phi) is 10.0. The highest BCUT2D eigenvalue weighted by Crippen LogP contribution is 2.33. The number of nitrogens with one attached hydrogen (secondary N) is 1. The van der Waals surface area contributed by atoms with Gasteiger partial charge in [0.1, 0.15) is 11.6 Å². The van der Waals surface area contributed by atoms with E-state index in [9.17, 15) is 32.1 Å². The van der Waals surface area contributed by atoms with Gasteiger partial charge in [0, 0.05) is 42.0 Å². The molecule has 14 heteroatoms. The quantitative estimate of drug-likeness (QED) is 0.183. The second kappa shape index (κ2) is 13.5. The van der Waals surface area contributed by atoms with Gasteiger partial charge in [0.15, 0.2) is 0 Å². The molecule has 42 heavy (non-hydrogen) atoms. The second-order valence-electron chi connectivity index (χ2n) is 9.51. The SMILES string of the molecule is CN(C(=O)Nc1ccc(-c2cccc(F)c2)s1)C1CCN(S(C)(=O)=O)CC1.O=[N+]([O-])c1ccc(-c2cccc(F)c2)s1. The summed E-state index contributed by atoms with van der Waals surface area (Å²) in [5, 5.41) is 14.1. The summed E-state index contributed by atoms with van der Waals surface area (Å²) < 4.78 is 50.9. The third kappa shape index (κ3) is 8.18. The van der Waals surface area contributed by atoms with Crippen LogP contribution in [0, 0.1) is 21.7 Å². The molecule has 0 atom stereocenters. The smallest absolute Gasteiger partial charge is 0.324 e. The third-order valence-corrected chi connectivity index (χ3v) is 10.0. The van der Waals surface area contributed by atoms with Crippen molar-refractivity contribution in [1.29, 1.82) is 0 Å². The van der Waals surface area contributed by atoms with Crippen LogP contribution in [-0.4, -0.2) is 61.0 Å². The van der Waals surface area contributed by atoms with Crippen molar-refractivity contribution in [3.05, 3.63) is 94.5 Å². The minimum atomic E-state index is -3.18. The topological polar surface area (TPSA) is 113 Å². The van der Waals surface area contributed by atoms with E-state index < -0.39 is 14.9 Å². The summed E-state index contributed by atoms with van der Waals surface area (Å²) >= 11 is 2.42. The lowest BCUT2D eigenvalue weighted by Crippen LogP contribution is -2.48. The first kappa shape index (κ1) is 31.2. The van der Waals surface area contributed by atoms with Crippen LogP contribution in [0.15, 0.2) is 72.8 Å². The molecule has 1 aliphatic rings. The van der Waals surface area contributed by atoms with Crippen LogP contribution in [0.4, 0.5) is 23.6 Å². The Hall–Kier alpha value is -3.72. The van der Waals surface area contributed by atoms with Crippen molar-refractivity contribution < 1.29 is 26.9 Å². The number of amides is 2. The summed E-state index contributed by atoms with van der Waals surface area (Å²) in [6, 6.07) is 18.8. The van der Waals surface area contributed by atoms with E-state index in [-0.39, 0.29) is 28.7 Å². The molecule has 9 nitrogen and oxygen atoms in total. The van der Waals surface area contributed by atoms with Gasteiger partial charge in [-0.3, -0.25) is 15.4 Å². The Balaban J connectivity index is 0.000000227. The monoisotopic (exact) mass is 634 g/mol. The predicted molar refractivity (Wildman–Crippen MR) is 162 cm³/mol. The molecule has 0 bridgehead atoms. The molecule has 0 radical (unpaired) electrons. The number of benzene rings is 2. The zero-order valence-corrected chi connectivity index (χ0v) is 25.1. The molecule has 3 heterocycles. The Labute approximate surface area is 250 Å². The third-order valence-electron chi connectivity index (χ3n) is 6.59. The maximum atomic E-state index is 13.4. The van der Waals surface area contributed by atoms with Gasteiger partial charge in [-0.2, -0.15) is 0 Å². The highest BCUT2D eigenvalue weighted by Gasteiger charge is 2.29. The Morgan fingerprint density at radius 1 is 0.952 bits per heavy atom. The van der Waals surface area contributed by atoms with Crippen LogP contribution in [0.3, 0.4) is 0 Å². The molecule has 0 spiro atoms. The van der Waals surface area contributed by atoms with E-state index in [1.54, 1.807) is 42.3 Å². The number of carbonyl (C=O) groups excluding carboxylic acids is 1. The van der Waals surface area contributed by atoms with Crippen molar-refractivity contribution in [2.45, 2.75) is 18.9 Å². The highest BCUT2D eigenvalue weighted by atomic mass is 32.2. The molecule has 1 saturated heterocycles. The van der Waals surface area contributed by atoms with E-state index >= 15 is 0 Å². The molecular formula is C28H28F2N4O5S3. The minimum Gasteiger partial charge on any atom is -0.324 e. The number of sulfonamides is 1. The number of nitrogens with zero attached hydrogens (tertiary/aromatic N) is 3. The van der Waals surface area contributed by atoms with Crippen LogP contribution in [0.2, 0.25) is 0 Å². The molecular weight excluding hydrogens is 607 g/mol. The van der Waals surface area contributed by atoms with Crippen LogP contribution in [0.1, 0.15) is 12.8 Å². The van der Waals surface area contributed by atoms with Crippen molar-refractivity contribution in [1.82, 2.24) is 9.21 Å². The molecule has 1 fully saturated rings. The lowest BCUT2D eigenvalue weighted by molar-refractivity contribution is -0.380. The van der Waals surface area contributed by atoms with Gasteiger partial charge in [0.25, 0.3) is 0 Å². The van der Waals surface area contributed by atoms with Gasteiger partial charge in [-0.05, 0) is 66.4 Å². The fourth-order valence-corrected chi connectivity index (χ4v) is 6.93. The average Bonchev–Trinajstić information content (AvgIpc) is 3.63. The van der Waals surface area contributed by atoms with E-state index in [4.69, 9.17) is 0 Å². The Morgan fingerprint density at radius 2 is 1.50 bits per heavy atom. The van der Waals surface area contributed by atoms with Crippen molar-refractivity contribution >= 4 is 48.7 Å². The largest absolute Gasteiger partial charge is 0.324 e. The molecule has 2 amide bonds. The fourth-order valence-electron chi connectivity index (χ4n) is 4.35. The van der Waals surface area contributed by atoms with Gasteiger partial charge in [0.05, 0.1) is 16.2 Å². The van der Waals surface area contributed by atoms with Gasteiger partial charge in [-0.25, -0.2) is 26.3 Å². The molecule has 2 aromatic heterocycles. The summed E-state index contributed by atoms with van der Waals surface area (Å²) in [6.07, 6.45) is 2.42. The van der Waals surface area contributed by atoms with E-state index in [1.165, 1.54) is 52.2 Å². The van der Waals surface area contributed by atoms with Gasteiger partial charge >= 0.3 is 11.0 Å². The van der Waals surface area contributed by atoms with Crippen molar-refractivity contribution in [3.8, 4) is 20.9 Å². The van der Waals surface area contributed by atoms with Gasteiger partial charge in [-0.15, -0.1) is 11.3 Å². The minimum absolute atomic E-state index is 0.00866. The first-order valence-corrected chi connectivity index (χ1v) is 16.2. The van der Waals surface area contributed by atoms with Crippen LogP contribution in [0.5, 0.6) is 0 Å². The predicted octanol–water partition coefficient (Wildman–Crippen LogP) is 6.90. The second-order valence-corrected chi connectivity index (χ2v) is 13.6. The number of carbonyl (C=O) groups is 1. The first-order valence-electron chi connectivity index (χ1n) is 12.8. The molecule has 5 rings (SSSR count). The van der Waals surface area contributed by atoms with E-state index in [1.807, 2.05) is 12.1 Å². The molecule has 0 saturated carbocycles. The zero-order valence-electron chi connectivity index (χ0n) is 22.7. The number of hydrogen-bond donors (Lipinski definition) is 1.